The van der Waals surface area contributed by atoms with Crippen molar-refractivity contribution in [3.63, 3.8) is 0 Å². The van der Waals surface area contributed by atoms with Gasteiger partial charge in [0.1, 0.15) is 0 Å². The van der Waals surface area contributed by atoms with E-state index >= 15 is 0 Å². The third-order valence-electron chi connectivity index (χ3n) is 5.15. The molecular formula is C19H28N6O2. The van der Waals surface area contributed by atoms with Crippen LogP contribution in [-0.2, 0) is 22.7 Å². The van der Waals surface area contributed by atoms with E-state index in [1.165, 1.54) is 0 Å². The van der Waals surface area contributed by atoms with Crippen molar-refractivity contribution < 1.29 is 9.59 Å². The van der Waals surface area contributed by atoms with Crippen LogP contribution in [-0.4, -0.2) is 49.4 Å². The molecule has 2 aromatic heterocycles. The largest absolute Gasteiger partial charge is 0.343 e. The Kier molecular flexibility index (Phi) is 6.26. The molecule has 2 amide bonds. The number of carbonyl (C=O) groups excluding carboxylic acids is 2. The third kappa shape index (κ3) is 5.18. The molecule has 0 saturated carbocycles. The zero-order valence-corrected chi connectivity index (χ0v) is 16.1. The highest BCUT2D eigenvalue weighted by atomic mass is 16.2. The highest BCUT2D eigenvalue weighted by Gasteiger charge is 2.24. The normalized spacial score (nSPS) is 15.1. The summed E-state index contributed by atoms with van der Waals surface area (Å²) in [5.41, 5.74) is 1.81. The van der Waals surface area contributed by atoms with Crippen molar-refractivity contribution in [3.8, 4) is 0 Å². The molecule has 146 valence electrons. The van der Waals surface area contributed by atoms with Crippen LogP contribution in [0, 0.1) is 12.8 Å². The first-order chi connectivity index (χ1) is 13.0. The van der Waals surface area contributed by atoms with Gasteiger partial charge in [0.15, 0.2) is 0 Å². The molecule has 3 heterocycles. The van der Waals surface area contributed by atoms with E-state index in [2.05, 4.69) is 15.5 Å². The van der Waals surface area contributed by atoms with Crippen LogP contribution in [0.15, 0.2) is 24.7 Å². The number of aromatic nitrogens is 4. The molecule has 27 heavy (non-hydrogen) atoms. The summed E-state index contributed by atoms with van der Waals surface area (Å²) in [4.78, 5) is 26.5. The number of likely N-dealkylation sites (tertiary alicyclic amines) is 1. The summed E-state index contributed by atoms with van der Waals surface area (Å²) >= 11 is 0. The lowest BCUT2D eigenvalue weighted by atomic mass is 9.93. The van der Waals surface area contributed by atoms with Gasteiger partial charge in [0.25, 0.3) is 0 Å². The molecule has 1 fully saturated rings. The minimum atomic E-state index is 0.0181. The molecule has 0 aliphatic carbocycles. The summed E-state index contributed by atoms with van der Waals surface area (Å²) in [5.74, 6) is 0.507. The summed E-state index contributed by atoms with van der Waals surface area (Å²) < 4.78 is 3.64. The van der Waals surface area contributed by atoms with Crippen molar-refractivity contribution in [2.24, 2.45) is 5.92 Å². The highest BCUT2D eigenvalue weighted by molar-refractivity contribution is 5.90. The van der Waals surface area contributed by atoms with Gasteiger partial charge < -0.3 is 10.2 Å². The number of aryl methyl sites for hydroxylation is 3. The fourth-order valence-electron chi connectivity index (χ4n) is 3.45. The standard InChI is InChI=1S/C19H28N6O2/c1-3-24-14-17(13-21-24)22-18(26)12-16-5-9-23(10-6-16)19(27)7-11-25-15(2)4-8-20-25/h4,8,13-14,16H,3,5-7,9-12H2,1-2H3,(H,22,26). The Balaban J connectivity index is 1.38. The van der Waals surface area contributed by atoms with Gasteiger partial charge >= 0.3 is 0 Å². The monoisotopic (exact) mass is 372 g/mol. The van der Waals surface area contributed by atoms with Crippen molar-refractivity contribution in [1.82, 2.24) is 24.5 Å². The van der Waals surface area contributed by atoms with E-state index in [0.29, 0.717) is 25.3 Å². The van der Waals surface area contributed by atoms with Gasteiger partial charge in [-0.05, 0) is 38.7 Å². The van der Waals surface area contributed by atoms with Gasteiger partial charge in [-0.25, -0.2) is 0 Å². The predicted molar refractivity (Wildman–Crippen MR) is 102 cm³/mol. The number of nitrogens with one attached hydrogen (secondary N) is 1. The maximum Gasteiger partial charge on any atom is 0.224 e. The van der Waals surface area contributed by atoms with Crippen LogP contribution in [0.1, 0.15) is 38.3 Å². The van der Waals surface area contributed by atoms with Gasteiger partial charge in [-0.2, -0.15) is 10.2 Å². The number of rotatable bonds is 7. The molecule has 1 N–H and O–H groups in total. The Morgan fingerprint density at radius 3 is 2.67 bits per heavy atom. The number of nitrogens with zero attached hydrogens (tertiary/aromatic N) is 5. The molecule has 0 radical (unpaired) electrons. The van der Waals surface area contributed by atoms with Gasteiger partial charge in [-0.3, -0.25) is 19.0 Å². The van der Waals surface area contributed by atoms with Crippen LogP contribution in [0.2, 0.25) is 0 Å². The molecule has 3 rings (SSSR count). The fraction of sp³-hybridized carbons (Fsp3) is 0.579. The summed E-state index contributed by atoms with van der Waals surface area (Å²) in [6.45, 7) is 6.84. The SMILES string of the molecule is CCn1cc(NC(=O)CC2CCN(C(=O)CCn3nccc3C)CC2)cn1. The molecular weight excluding hydrogens is 344 g/mol. The summed E-state index contributed by atoms with van der Waals surface area (Å²) in [6.07, 6.45) is 7.96. The summed E-state index contributed by atoms with van der Waals surface area (Å²) in [7, 11) is 0. The molecule has 1 aliphatic heterocycles. The van der Waals surface area contributed by atoms with E-state index in [4.69, 9.17) is 0 Å². The minimum Gasteiger partial charge on any atom is -0.343 e. The van der Waals surface area contributed by atoms with Crippen LogP contribution in [0.3, 0.4) is 0 Å². The Labute approximate surface area is 159 Å². The van der Waals surface area contributed by atoms with Gasteiger partial charge in [0.05, 0.1) is 11.9 Å². The lowest BCUT2D eigenvalue weighted by molar-refractivity contribution is -0.132. The molecule has 0 atom stereocenters. The highest BCUT2D eigenvalue weighted by Crippen LogP contribution is 2.22. The van der Waals surface area contributed by atoms with E-state index in [1.54, 1.807) is 17.1 Å². The fourth-order valence-corrected chi connectivity index (χ4v) is 3.45. The Morgan fingerprint density at radius 1 is 1.26 bits per heavy atom. The second kappa shape index (κ2) is 8.83. The van der Waals surface area contributed by atoms with Crippen molar-refractivity contribution in [2.75, 3.05) is 18.4 Å². The number of hydrogen-bond donors (Lipinski definition) is 1. The molecule has 1 aliphatic rings. The van der Waals surface area contributed by atoms with E-state index in [-0.39, 0.29) is 11.8 Å². The smallest absolute Gasteiger partial charge is 0.224 e. The second-order valence-corrected chi connectivity index (χ2v) is 7.11. The molecule has 8 nitrogen and oxygen atoms in total. The topological polar surface area (TPSA) is 85.0 Å². The molecule has 2 aromatic rings. The third-order valence-corrected chi connectivity index (χ3v) is 5.15. The maximum absolute atomic E-state index is 12.4. The minimum absolute atomic E-state index is 0.0181. The van der Waals surface area contributed by atoms with Crippen molar-refractivity contribution in [2.45, 2.75) is 52.6 Å². The quantitative estimate of drug-likeness (QED) is 0.806. The van der Waals surface area contributed by atoms with Crippen LogP contribution in [0.25, 0.3) is 0 Å². The molecule has 0 spiro atoms. The van der Waals surface area contributed by atoms with Gasteiger partial charge in [0, 0.05) is 57.1 Å². The second-order valence-electron chi connectivity index (χ2n) is 7.11. The Morgan fingerprint density at radius 2 is 2.04 bits per heavy atom. The lowest BCUT2D eigenvalue weighted by Crippen LogP contribution is -2.39. The predicted octanol–water partition coefficient (Wildman–Crippen LogP) is 2.07. The van der Waals surface area contributed by atoms with Gasteiger partial charge in [-0.1, -0.05) is 0 Å². The average molecular weight is 372 g/mol. The first-order valence-electron chi connectivity index (χ1n) is 9.63. The molecule has 0 bridgehead atoms. The van der Waals surface area contributed by atoms with Crippen molar-refractivity contribution in [3.05, 3.63) is 30.4 Å². The lowest BCUT2D eigenvalue weighted by Gasteiger charge is -2.31. The molecule has 0 aromatic carbocycles. The van der Waals surface area contributed by atoms with Crippen molar-refractivity contribution >= 4 is 17.5 Å². The first-order valence-corrected chi connectivity index (χ1v) is 9.63. The van der Waals surface area contributed by atoms with Crippen LogP contribution in [0.5, 0.6) is 0 Å². The van der Waals surface area contributed by atoms with Gasteiger partial charge in [0.2, 0.25) is 11.8 Å². The molecule has 1 saturated heterocycles. The van der Waals surface area contributed by atoms with E-state index < -0.39 is 0 Å². The number of amides is 2. The van der Waals surface area contributed by atoms with Gasteiger partial charge in [-0.15, -0.1) is 0 Å². The molecule has 8 heteroatoms. The van der Waals surface area contributed by atoms with Crippen molar-refractivity contribution in [1.29, 1.82) is 0 Å². The average Bonchev–Trinajstić information content (AvgIpc) is 3.28. The van der Waals surface area contributed by atoms with Crippen LogP contribution in [0.4, 0.5) is 5.69 Å². The number of carbonyl (C=O) groups is 2. The van der Waals surface area contributed by atoms with E-state index in [1.807, 2.05) is 35.7 Å². The first kappa shape index (κ1) is 19.1. The Bertz CT molecular complexity index is 773. The van der Waals surface area contributed by atoms with E-state index in [0.717, 1.165) is 43.9 Å². The van der Waals surface area contributed by atoms with Crippen LogP contribution >= 0.6 is 0 Å². The zero-order valence-electron chi connectivity index (χ0n) is 16.1. The number of anilines is 1. The Hall–Kier alpha value is -2.64. The summed E-state index contributed by atoms with van der Waals surface area (Å²) in [5, 5.41) is 11.3. The van der Waals surface area contributed by atoms with Crippen LogP contribution < -0.4 is 5.32 Å². The molecule has 0 unspecified atom stereocenters. The maximum atomic E-state index is 12.4. The number of hydrogen-bond acceptors (Lipinski definition) is 4. The number of piperidine rings is 1. The zero-order chi connectivity index (χ0) is 19.2. The van der Waals surface area contributed by atoms with E-state index in [9.17, 15) is 9.59 Å². The summed E-state index contributed by atoms with van der Waals surface area (Å²) in [6, 6.07) is 1.94.